The zero-order valence-corrected chi connectivity index (χ0v) is 12.0. The van der Waals surface area contributed by atoms with Gasteiger partial charge in [-0.15, -0.1) is 0 Å². The van der Waals surface area contributed by atoms with Crippen LogP contribution in [0.3, 0.4) is 0 Å². The summed E-state index contributed by atoms with van der Waals surface area (Å²) in [4.78, 5) is 15.6. The number of ketones is 1. The lowest BCUT2D eigenvalue weighted by molar-refractivity contribution is -0.137. The second kappa shape index (κ2) is 5.48. The maximum atomic E-state index is 12.4. The minimum atomic E-state index is -4.47. The van der Waals surface area contributed by atoms with Crippen LogP contribution >= 0.6 is 11.6 Å². The van der Waals surface area contributed by atoms with Crippen LogP contribution in [0.2, 0.25) is 5.15 Å². The Kier molecular flexibility index (Phi) is 4.04. The van der Waals surface area contributed by atoms with Crippen LogP contribution < -0.4 is 0 Å². The average molecular weight is 318 g/mol. The van der Waals surface area contributed by atoms with Crippen LogP contribution in [0, 0.1) is 6.92 Å². The van der Waals surface area contributed by atoms with Crippen LogP contribution in [0.4, 0.5) is 13.2 Å². The number of aromatic nitrogens is 3. The molecule has 2 heterocycles. The standard InChI is InChI=1S/C13H11ClF3N3O/c1-7-9(12(14)20(2)19-7)5-11(21)10-4-3-8(6-18-10)13(15,16)17/h3-4,6H,5H2,1-2H3. The van der Waals surface area contributed by atoms with Crippen molar-refractivity contribution in [1.29, 1.82) is 0 Å². The van der Waals surface area contributed by atoms with Gasteiger partial charge in [0.15, 0.2) is 5.78 Å². The molecule has 0 saturated heterocycles. The van der Waals surface area contributed by atoms with Crippen molar-refractivity contribution in [1.82, 2.24) is 14.8 Å². The molecule has 4 nitrogen and oxygen atoms in total. The number of hydrogen-bond acceptors (Lipinski definition) is 3. The average Bonchev–Trinajstić information content (AvgIpc) is 2.64. The molecule has 2 aromatic heterocycles. The normalized spacial score (nSPS) is 11.7. The highest BCUT2D eigenvalue weighted by molar-refractivity contribution is 6.30. The molecular weight excluding hydrogens is 307 g/mol. The van der Waals surface area contributed by atoms with Gasteiger partial charge in [-0.3, -0.25) is 14.5 Å². The third-order valence-corrected chi connectivity index (χ3v) is 3.46. The predicted molar refractivity (Wildman–Crippen MR) is 70.2 cm³/mol. The molecule has 21 heavy (non-hydrogen) atoms. The highest BCUT2D eigenvalue weighted by Gasteiger charge is 2.31. The predicted octanol–water partition coefficient (Wildman–Crippen LogP) is 3.22. The second-order valence-corrected chi connectivity index (χ2v) is 4.87. The molecule has 0 aliphatic carbocycles. The highest BCUT2D eigenvalue weighted by atomic mass is 35.5. The second-order valence-electron chi connectivity index (χ2n) is 4.51. The summed E-state index contributed by atoms with van der Waals surface area (Å²) in [6.07, 6.45) is -3.89. The zero-order chi connectivity index (χ0) is 15.8. The van der Waals surface area contributed by atoms with E-state index in [1.165, 1.54) is 4.68 Å². The van der Waals surface area contributed by atoms with Crippen LogP contribution in [0.25, 0.3) is 0 Å². The molecule has 2 aromatic rings. The maximum absolute atomic E-state index is 12.4. The SMILES string of the molecule is Cc1nn(C)c(Cl)c1CC(=O)c1ccc(C(F)(F)F)cn1. The summed E-state index contributed by atoms with van der Waals surface area (Å²) < 4.78 is 38.7. The lowest BCUT2D eigenvalue weighted by Crippen LogP contribution is -2.10. The van der Waals surface area contributed by atoms with Crippen molar-refractivity contribution < 1.29 is 18.0 Å². The largest absolute Gasteiger partial charge is 0.417 e. The Morgan fingerprint density at radius 2 is 2.05 bits per heavy atom. The van der Waals surface area contributed by atoms with E-state index in [1.807, 2.05) is 0 Å². The van der Waals surface area contributed by atoms with Gasteiger partial charge in [0.1, 0.15) is 10.8 Å². The molecule has 112 valence electrons. The van der Waals surface area contributed by atoms with Crippen LogP contribution in [-0.4, -0.2) is 20.5 Å². The van der Waals surface area contributed by atoms with E-state index in [0.717, 1.165) is 12.1 Å². The van der Waals surface area contributed by atoms with Crippen molar-refractivity contribution in [3.63, 3.8) is 0 Å². The fourth-order valence-electron chi connectivity index (χ4n) is 1.85. The molecule has 0 amide bonds. The van der Waals surface area contributed by atoms with Crippen molar-refractivity contribution in [2.24, 2.45) is 7.05 Å². The number of nitrogens with zero attached hydrogens (tertiary/aromatic N) is 3. The summed E-state index contributed by atoms with van der Waals surface area (Å²) >= 11 is 6.01. The molecule has 8 heteroatoms. The lowest BCUT2D eigenvalue weighted by atomic mass is 10.1. The quantitative estimate of drug-likeness (QED) is 0.817. The van der Waals surface area contributed by atoms with Gasteiger partial charge in [0, 0.05) is 25.2 Å². The Morgan fingerprint density at radius 1 is 1.38 bits per heavy atom. The van der Waals surface area contributed by atoms with Gasteiger partial charge in [0.25, 0.3) is 0 Å². The molecule has 0 aliphatic rings. The number of Topliss-reactive ketones (excluding diaryl/α,β-unsaturated/α-hetero) is 1. The monoisotopic (exact) mass is 317 g/mol. The minimum absolute atomic E-state index is 0.0395. The first-order valence-electron chi connectivity index (χ1n) is 5.94. The van der Waals surface area contributed by atoms with Gasteiger partial charge >= 0.3 is 6.18 Å². The summed E-state index contributed by atoms with van der Waals surface area (Å²) in [5, 5.41) is 4.39. The van der Waals surface area contributed by atoms with Crippen molar-refractivity contribution in [3.05, 3.63) is 46.0 Å². The van der Waals surface area contributed by atoms with Gasteiger partial charge in [-0.1, -0.05) is 11.6 Å². The number of carbonyl (C=O) groups is 1. The topological polar surface area (TPSA) is 47.8 Å². The molecule has 0 radical (unpaired) electrons. The lowest BCUT2D eigenvalue weighted by Gasteiger charge is -2.06. The molecule has 0 saturated carbocycles. The smallest absolute Gasteiger partial charge is 0.292 e. The van der Waals surface area contributed by atoms with Crippen LogP contribution in [0.5, 0.6) is 0 Å². The minimum Gasteiger partial charge on any atom is -0.292 e. The van der Waals surface area contributed by atoms with E-state index in [0.29, 0.717) is 22.6 Å². The van der Waals surface area contributed by atoms with E-state index in [-0.39, 0.29) is 12.1 Å². The van der Waals surface area contributed by atoms with Crippen molar-refractivity contribution in [3.8, 4) is 0 Å². The van der Waals surface area contributed by atoms with Gasteiger partial charge in [0.2, 0.25) is 0 Å². The zero-order valence-electron chi connectivity index (χ0n) is 11.2. The van der Waals surface area contributed by atoms with Crippen LogP contribution in [0.1, 0.15) is 27.3 Å². The first-order chi connectivity index (χ1) is 9.70. The Labute approximate surface area is 123 Å². The highest BCUT2D eigenvalue weighted by Crippen LogP contribution is 2.28. The number of carbonyl (C=O) groups excluding carboxylic acids is 1. The van der Waals surface area contributed by atoms with E-state index in [2.05, 4.69) is 10.1 Å². The van der Waals surface area contributed by atoms with Crippen molar-refractivity contribution in [2.45, 2.75) is 19.5 Å². The Balaban J connectivity index is 2.21. The molecule has 0 unspecified atom stereocenters. The molecule has 0 bridgehead atoms. The number of hydrogen-bond donors (Lipinski definition) is 0. The molecule has 0 fully saturated rings. The summed E-state index contributed by atoms with van der Waals surface area (Å²) in [5.74, 6) is -0.415. The summed E-state index contributed by atoms with van der Waals surface area (Å²) in [5.41, 5.74) is 0.214. The van der Waals surface area contributed by atoms with Gasteiger partial charge < -0.3 is 0 Å². The third kappa shape index (κ3) is 3.24. The molecule has 0 aliphatic heterocycles. The molecule has 0 N–H and O–H groups in total. The van der Waals surface area contributed by atoms with Gasteiger partial charge in [0.05, 0.1) is 11.3 Å². The Hall–Kier alpha value is -1.89. The fourth-order valence-corrected chi connectivity index (χ4v) is 2.09. The van der Waals surface area contributed by atoms with Crippen molar-refractivity contribution in [2.75, 3.05) is 0 Å². The van der Waals surface area contributed by atoms with Crippen LogP contribution in [-0.2, 0) is 19.6 Å². The number of rotatable bonds is 3. The van der Waals surface area contributed by atoms with Gasteiger partial charge in [-0.2, -0.15) is 18.3 Å². The van der Waals surface area contributed by atoms with E-state index in [9.17, 15) is 18.0 Å². The Bertz CT molecular complexity index is 677. The fraction of sp³-hybridized carbons (Fsp3) is 0.308. The first kappa shape index (κ1) is 15.5. The van der Waals surface area contributed by atoms with E-state index in [1.54, 1.807) is 14.0 Å². The number of aryl methyl sites for hydroxylation is 2. The molecule has 0 atom stereocenters. The third-order valence-electron chi connectivity index (χ3n) is 2.98. The molecule has 0 aromatic carbocycles. The van der Waals surface area contributed by atoms with E-state index >= 15 is 0 Å². The van der Waals surface area contributed by atoms with Gasteiger partial charge in [-0.05, 0) is 19.1 Å². The van der Waals surface area contributed by atoms with Crippen LogP contribution in [0.15, 0.2) is 18.3 Å². The number of alkyl halides is 3. The van der Waals surface area contributed by atoms with E-state index in [4.69, 9.17) is 11.6 Å². The van der Waals surface area contributed by atoms with Crippen molar-refractivity contribution >= 4 is 17.4 Å². The summed E-state index contributed by atoms with van der Waals surface area (Å²) in [7, 11) is 1.64. The maximum Gasteiger partial charge on any atom is 0.417 e. The summed E-state index contributed by atoms with van der Waals surface area (Å²) in [6, 6.07) is 1.89. The van der Waals surface area contributed by atoms with Gasteiger partial charge in [-0.25, -0.2) is 0 Å². The number of halogens is 4. The molecule has 2 rings (SSSR count). The van der Waals surface area contributed by atoms with E-state index < -0.39 is 17.5 Å². The Morgan fingerprint density at radius 3 is 2.48 bits per heavy atom. The molecule has 0 spiro atoms. The summed E-state index contributed by atoms with van der Waals surface area (Å²) in [6.45, 7) is 1.70. The molecular formula is C13H11ClF3N3O. The number of pyridine rings is 1. The first-order valence-corrected chi connectivity index (χ1v) is 6.32.